The molecule has 1 N–H and O–H groups in total. The Morgan fingerprint density at radius 1 is 1.17 bits per heavy atom. The highest BCUT2D eigenvalue weighted by molar-refractivity contribution is 5.85. The maximum absolute atomic E-state index is 8.96. The van der Waals surface area contributed by atoms with Crippen LogP contribution in [0.15, 0.2) is 24.3 Å². The molecule has 4 nitrogen and oxygen atoms in total. The summed E-state index contributed by atoms with van der Waals surface area (Å²) in [6.07, 6.45) is 2.83. The van der Waals surface area contributed by atoms with Gasteiger partial charge in [0.25, 0.3) is 0 Å². The van der Waals surface area contributed by atoms with E-state index in [9.17, 15) is 0 Å². The van der Waals surface area contributed by atoms with E-state index in [1.165, 1.54) is 24.9 Å². The lowest BCUT2D eigenvalue weighted by molar-refractivity contribution is 0.198. The van der Waals surface area contributed by atoms with E-state index in [2.05, 4.69) is 36.0 Å². The number of para-hydroxylation sites is 1. The number of aliphatic hydroxyl groups excluding tert-OH is 1. The lowest BCUT2D eigenvalue weighted by Crippen LogP contribution is -2.36. The zero-order valence-corrected chi connectivity index (χ0v) is 16.2. The fraction of sp³-hybridized carbons (Fsp3) is 0.667. The Labute approximate surface area is 158 Å². The monoisotopic (exact) mass is 376 g/mol. The van der Waals surface area contributed by atoms with Crippen molar-refractivity contribution >= 4 is 24.8 Å². The molecular formula is C18H30Cl2N2O2. The number of ether oxygens (including phenoxy) is 1. The van der Waals surface area contributed by atoms with Crippen molar-refractivity contribution in [2.24, 2.45) is 11.8 Å². The Balaban J connectivity index is 0.00000144. The molecule has 0 radical (unpaired) electrons. The van der Waals surface area contributed by atoms with Crippen LogP contribution in [0.3, 0.4) is 0 Å². The van der Waals surface area contributed by atoms with E-state index in [1.54, 1.807) is 0 Å². The number of halogens is 2. The molecule has 2 atom stereocenters. The summed E-state index contributed by atoms with van der Waals surface area (Å²) in [7, 11) is 4.42. The summed E-state index contributed by atoms with van der Waals surface area (Å²) in [5.74, 6) is 2.67. The molecule has 1 heterocycles. The minimum Gasteiger partial charge on any atom is -0.491 e. The minimum atomic E-state index is 0. The van der Waals surface area contributed by atoms with Gasteiger partial charge in [-0.15, -0.1) is 24.8 Å². The van der Waals surface area contributed by atoms with Crippen LogP contribution in [0.5, 0.6) is 5.75 Å². The van der Waals surface area contributed by atoms with Gasteiger partial charge in [0, 0.05) is 31.2 Å². The van der Waals surface area contributed by atoms with Crippen molar-refractivity contribution < 1.29 is 9.84 Å². The number of likely N-dealkylation sites (N-methyl/N-ethyl adjacent to an activating group) is 1. The lowest BCUT2D eigenvalue weighted by Gasteiger charge is -2.25. The van der Waals surface area contributed by atoms with Crippen LogP contribution in [-0.4, -0.2) is 61.3 Å². The Kier molecular flexibility index (Phi) is 8.82. The van der Waals surface area contributed by atoms with Gasteiger partial charge in [0.2, 0.25) is 0 Å². The molecular weight excluding hydrogens is 347 g/mol. The van der Waals surface area contributed by atoms with E-state index in [4.69, 9.17) is 9.84 Å². The van der Waals surface area contributed by atoms with Crippen molar-refractivity contribution in [2.75, 3.05) is 40.4 Å². The van der Waals surface area contributed by atoms with Crippen LogP contribution in [0.1, 0.15) is 18.4 Å². The van der Waals surface area contributed by atoms with Gasteiger partial charge >= 0.3 is 0 Å². The zero-order valence-electron chi connectivity index (χ0n) is 14.6. The molecule has 1 aromatic carbocycles. The van der Waals surface area contributed by atoms with Crippen LogP contribution in [0, 0.1) is 11.8 Å². The van der Waals surface area contributed by atoms with Gasteiger partial charge in [0.1, 0.15) is 12.4 Å². The van der Waals surface area contributed by atoms with E-state index >= 15 is 0 Å². The van der Waals surface area contributed by atoms with E-state index in [0.717, 1.165) is 30.7 Å². The van der Waals surface area contributed by atoms with Crippen LogP contribution in [-0.2, 0) is 6.54 Å². The number of hydrogen-bond acceptors (Lipinski definition) is 4. The van der Waals surface area contributed by atoms with Crippen LogP contribution in [0.2, 0.25) is 0 Å². The molecule has 0 amide bonds. The number of likely N-dealkylation sites (tertiary alicyclic amines) is 1. The SMILES string of the molecule is CN(C)[C@H]1CN(Cc2ccccc2OCCO)C[C@@H]1C1CC1.Cl.Cl. The molecule has 6 heteroatoms. The fourth-order valence-electron chi connectivity index (χ4n) is 3.73. The normalized spacial score (nSPS) is 23.7. The highest BCUT2D eigenvalue weighted by atomic mass is 35.5. The minimum absolute atomic E-state index is 0. The van der Waals surface area contributed by atoms with E-state index in [-0.39, 0.29) is 31.4 Å². The summed E-state index contributed by atoms with van der Waals surface area (Å²) in [5, 5.41) is 8.96. The quantitative estimate of drug-likeness (QED) is 0.793. The second-order valence-electron chi connectivity index (χ2n) is 6.91. The summed E-state index contributed by atoms with van der Waals surface area (Å²) in [6.45, 7) is 3.70. The topological polar surface area (TPSA) is 35.9 Å². The van der Waals surface area contributed by atoms with Crippen LogP contribution in [0.25, 0.3) is 0 Å². The van der Waals surface area contributed by atoms with E-state index in [0.29, 0.717) is 12.6 Å². The lowest BCUT2D eigenvalue weighted by atomic mass is 9.97. The van der Waals surface area contributed by atoms with Crippen molar-refractivity contribution in [3.63, 3.8) is 0 Å². The second-order valence-corrected chi connectivity index (χ2v) is 6.91. The Morgan fingerprint density at radius 2 is 1.88 bits per heavy atom. The predicted molar refractivity (Wildman–Crippen MR) is 102 cm³/mol. The molecule has 1 saturated heterocycles. The standard InChI is InChI=1S/C18H28N2O2.2ClH/c1-19(2)17-13-20(12-16(17)14-7-8-14)11-15-5-3-4-6-18(15)22-10-9-21;;/h3-6,14,16-17,21H,7-13H2,1-2H3;2*1H/t16-,17+;;/m1../s1. The summed E-state index contributed by atoms with van der Waals surface area (Å²) >= 11 is 0. The highest BCUT2D eigenvalue weighted by Gasteiger charge is 2.43. The average molecular weight is 377 g/mol. The van der Waals surface area contributed by atoms with Crippen molar-refractivity contribution in [2.45, 2.75) is 25.4 Å². The molecule has 1 aliphatic heterocycles. The number of nitrogens with zero attached hydrogens (tertiary/aromatic N) is 2. The van der Waals surface area contributed by atoms with E-state index in [1.807, 2.05) is 12.1 Å². The summed E-state index contributed by atoms with van der Waals surface area (Å²) in [6, 6.07) is 8.89. The molecule has 2 fully saturated rings. The van der Waals surface area contributed by atoms with Crippen LogP contribution < -0.4 is 4.74 Å². The van der Waals surface area contributed by atoms with Crippen molar-refractivity contribution in [3.05, 3.63) is 29.8 Å². The third kappa shape index (κ3) is 5.24. The molecule has 0 unspecified atom stereocenters. The van der Waals surface area contributed by atoms with Gasteiger partial charge < -0.3 is 14.7 Å². The van der Waals surface area contributed by atoms with E-state index < -0.39 is 0 Å². The first kappa shape index (κ1) is 21.5. The number of aliphatic hydroxyl groups is 1. The number of hydrogen-bond donors (Lipinski definition) is 1. The molecule has 1 aromatic rings. The van der Waals surface area contributed by atoms with Crippen LogP contribution in [0.4, 0.5) is 0 Å². The van der Waals surface area contributed by atoms with Crippen molar-refractivity contribution in [3.8, 4) is 5.75 Å². The maximum atomic E-state index is 8.96. The zero-order chi connectivity index (χ0) is 15.5. The second kappa shape index (κ2) is 9.83. The maximum Gasteiger partial charge on any atom is 0.123 e. The summed E-state index contributed by atoms with van der Waals surface area (Å²) < 4.78 is 5.67. The average Bonchev–Trinajstić information content (AvgIpc) is 3.27. The van der Waals surface area contributed by atoms with Crippen molar-refractivity contribution in [1.82, 2.24) is 9.80 Å². The van der Waals surface area contributed by atoms with Gasteiger partial charge in [-0.25, -0.2) is 0 Å². The van der Waals surface area contributed by atoms with Gasteiger partial charge in [-0.2, -0.15) is 0 Å². The smallest absolute Gasteiger partial charge is 0.123 e. The highest BCUT2D eigenvalue weighted by Crippen LogP contribution is 2.43. The Bertz CT molecular complexity index is 488. The summed E-state index contributed by atoms with van der Waals surface area (Å²) in [4.78, 5) is 4.96. The first-order chi connectivity index (χ1) is 10.7. The Morgan fingerprint density at radius 3 is 2.50 bits per heavy atom. The molecule has 24 heavy (non-hydrogen) atoms. The molecule has 138 valence electrons. The van der Waals surface area contributed by atoms with Gasteiger partial charge in [-0.1, -0.05) is 18.2 Å². The third-order valence-corrected chi connectivity index (χ3v) is 5.01. The molecule has 2 aliphatic rings. The van der Waals surface area contributed by atoms with Crippen molar-refractivity contribution in [1.29, 1.82) is 0 Å². The number of benzene rings is 1. The first-order valence-electron chi connectivity index (χ1n) is 8.39. The molecule has 1 aliphatic carbocycles. The van der Waals surface area contributed by atoms with Gasteiger partial charge in [-0.05, 0) is 44.8 Å². The first-order valence-corrected chi connectivity index (χ1v) is 8.39. The summed E-state index contributed by atoms with van der Waals surface area (Å²) in [5.41, 5.74) is 1.23. The third-order valence-electron chi connectivity index (χ3n) is 5.01. The molecule has 3 rings (SSSR count). The largest absolute Gasteiger partial charge is 0.491 e. The fourth-order valence-corrected chi connectivity index (χ4v) is 3.73. The molecule has 0 spiro atoms. The van der Waals surface area contributed by atoms with Gasteiger partial charge in [0.15, 0.2) is 0 Å². The molecule has 0 bridgehead atoms. The van der Waals surface area contributed by atoms with Crippen LogP contribution >= 0.6 is 24.8 Å². The molecule has 1 saturated carbocycles. The predicted octanol–water partition coefficient (Wildman–Crippen LogP) is 2.67. The molecule has 0 aromatic heterocycles. The van der Waals surface area contributed by atoms with Gasteiger partial charge in [-0.3, -0.25) is 4.90 Å². The van der Waals surface area contributed by atoms with Gasteiger partial charge in [0.05, 0.1) is 6.61 Å². The Hall–Kier alpha value is -0.520. The number of rotatable bonds is 7.